The lowest BCUT2D eigenvalue weighted by Gasteiger charge is -2.48. The second-order valence-electron chi connectivity index (χ2n) is 7.67. The van der Waals surface area contributed by atoms with Crippen molar-refractivity contribution in [3.05, 3.63) is 0 Å². The van der Waals surface area contributed by atoms with Crippen LogP contribution >= 0.6 is 0 Å². The van der Waals surface area contributed by atoms with Gasteiger partial charge in [-0.05, 0) is 37.5 Å². The lowest BCUT2D eigenvalue weighted by atomic mass is 9.89. The third-order valence-corrected chi connectivity index (χ3v) is 5.56. The molecule has 0 amide bonds. The molecule has 3 rings (SSSR count). The number of piperazine rings is 1. The first-order valence-electron chi connectivity index (χ1n) is 8.75. The van der Waals surface area contributed by atoms with Crippen molar-refractivity contribution in [3.8, 4) is 0 Å². The van der Waals surface area contributed by atoms with Crippen LogP contribution in [0.1, 0.15) is 52.4 Å². The topological polar surface area (TPSA) is 24.5 Å². The highest BCUT2D eigenvalue weighted by molar-refractivity contribution is 5.01. The zero-order valence-corrected chi connectivity index (χ0v) is 13.4. The van der Waals surface area contributed by atoms with E-state index in [1.165, 1.54) is 51.6 Å². The van der Waals surface area contributed by atoms with E-state index in [-0.39, 0.29) is 0 Å². The van der Waals surface area contributed by atoms with Crippen molar-refractivity contribution in [2.45, 2.75) is 64.0 Å². The first kappa shape index (κ1) is 14.8. The van der Waals surface area contributed by atoms with Gasteiger partial charge in [0.05, 0.1) is 6.61 Å². The summed E-state index contributed by atoms with van der Waals surface area (Å²) < 4.78 is 5.88. The van der Waals surface area contributed by atoms with Gasteiger partial charge in [0.25, 0.3) is 0 Å². The molecule has 1 saturated heterocycles. The Kier molecular flexibility index (Phi) is 4.68. The van der Waals surface area contributed by atoms with Gasteiger partial charge >= 0.3 is 0 Å². The largest absolute Gasteiger partial charge is 0.380 e. The maximum absolute atomic E-state index is 5.88. The van der Waals surface area contributed by atoms with Gasteiger partial charge in [-0.2, -0.15) is 0 Å². The lowest BCUT2D eigenvalue weighted by molar-refractivity contribution is 0.0241. The van der Waals surface area contributed by atoms with Crippen LogP contribution in [0.2, 0.25) is 0 Å². The first-order chi connectivity index (χ1) is 9.69. The zero-order valence-electron chi connectivity index (χ0n) is 13.4. The number of nitrogens with zero attached hydrogens (tertiary/aromatic N) is 1. The van der Waals surface area contributed by atoms with E-state index < -0.39 is 0 Å². The second kappa shape index (κ2) is 6.33. The molecule has 20 heavy (non-hydrogen) atoms. The van der Waals surface area contributed by atoms with Crippen LogP contribution in [0.25, 0.3) is 0 Å². The Balaban J connectivity index is 1.50. The summed E-state index contributed by atoms with van der Waals surface area (Å²) in [6.07, 6.45) is 8.35. The average Bonchev–Trinajstić information content (AvgIpc) is 3.15. The highest BCUT2D eigenvalue weighted by Gasteiger charge is 2.41. The molecule has 3 heteroatoms. The molecule has 1 unspecified atom stereocenters. The van der Waals surface area contributed by atoms with Gasteiger partial charge in [-0.3, -0.25) is 4.90 Å². The lowest BCUT2D eigenvalue weighted by Crippen LogP contribution is -2.64. The van der Waals surface area contributed by atoms with E-state index in [2.05, 4.69) is 24.1 Å². The van der Waals surface area contributed by atoms with Crippen LogP contribution in [0.15, 0.2) is 0 Å². The Morgan fingerprint density at radius 1 is 1.25 bits per heavy atom. The molecule has 3 nitrogen and oxygen atoms in total. The molecule has 116 valence electrons. The van der Waals surface area contributed by atoms with E-state index in [9.17, 15) is 0 Å². The SMILES string of the molecule is CC(C)C1CNC2(CCCC2)CN1CCOCC1CC1. The standard InChI is InChI=1S/C17H32N2O/c1-14(2)16-11-18-17(7-3-4-8-17)13-19(16)9-10-20-12-15-5-6-15/h14-16,18H,3-13H2,1-2H3. The van der Waals surface area contributed by atoms with Gasteiger partial charge < -0.3 is 10.1 Å². The maximum Gasteiger partial charge on any atom is 0.0593 e. The number of ether oxygens (including phenoxy) is 1. The third-order valence-electron chi connectivity index (χ3n) is 5.56. The van der Waals surface area contributed by atoms with Crippen molar-refractivity contribution in [1.82, 2.24) is 10.2 Å². The quantitative estimate of drug-likeness (QED) is 0.757. The number of rotatable bonds is 6. The Labute approximate surface area is 124 Å². The number of hydrogen-bond acceptors (Lipinski definition) is 3. The van der Waals surface area contributed by atoms with E-state index in [0.717, 1.165) is 31.6 Å². The predicted octanol–water partition coefficient (Wildman–Crippen LogP) is 2.66. The molecule has 1 atom stereocenters. The Morgan fingerprint density at radius 3 is 2.65 bits per heavy atom. The van der Waals surface area contributed by atoms with Crippen LogP contribution in [-0.2, 0) is 4.74 Å². The molecule has 1 N–H and O–H groups in total. The van der Waals surface area contributed by atoms with Crippen molar-refractivity contribution in [2.75, 3.05) is 32.8 Å². The molecule has 2 saturated carbocycles. The van der Waals surface area contributed by atoms with Gasteiger partial charge in [-0.1, -0.05) is 26.7 Å². The molecule has 2 aliphatic carbocycles. The van der Waals surface area contributed by atoms with Crippen molar-refractivity contribution in [1.29, 1.82) is 0 Å². The van der Waals surface area contributed by atoms with Gasteiger partial charge in [0, 0.05) is 37.8 Å². The summed E-state index contributed by atoms with van der Waals surface area (Å²) in [6, 6.07) is 0.686. The molecule has 1 heterocycles. The minimum atomic E-state index is 0.432. The maximum atomic E-state index is 5.88. The smallest absolute Gasteiger partial charge is 0.0593 e. The fraction of sp³-hybridized carbons (Fsp3) is 1.00. The summed E-state index contributed by atoms with van der Waals surface area (Å²) in [6.45, 7) is 10.2. The Bertz CT molecular complexity index is 308. The van der Waals surface area contributed by atoms with Gasteiger partial charge in [0.15, 0.2) is 0 Å². The molecule has 3 fully saturated rings. The van der Waals surface area contributed by atoms with Crippen LogP contribution in [0, 0.1) is 11.8 Å². The first-order valence-corrected chi connectivity index (χ1v) is 8.75. The van der Waals surface area contributed by atoms with Crippen molar-refractivity contribution in [3.63, 3.8) is 0 Å². The normalized spacial score (nSPS) is 30.4. The summed E-state index contributed by atoms with van der Waals surface area (Å²) in [5.41, 5.74) is 0.432. The molecule has 0 aromatic rings. The van der Waals surface area contributed by atoms with Crippen molar-refractivity contribution in [2.24, 2.45) is 11.8 Å². The highest BCUT2D eigenvalue weighted by atomic mass is 16.5. The fourth-order valence-corrected chi connectivity index (χ4v) is 4.02. The van der Waals surface area contributed by atoms with Crippen molar-refractivity contribution >= 4 is 0 Å². The Morgan fingerprint density at radius 2 is 2.00 bits per heavy atom. The van der Waals surface area contributed by atoms with Crippen LogP contribution in [0.3, 0.4) is 0 Å². The summed E-state index contributed by atoms with van der Waals surface area (Å²) in [5, 5.41) is 3.89. The molecule has 0 bridgehead atoms. The van der Waals surface area contributed by atoms with Crippen LogP contribution in [0.4, 0.5) is 0 Å². The molecule has 0 aromatic carbocycles. The Hall–Kier alpha value is -0.120. The molecule has 1 spiro atoms. The molecular weight excluding hydrogens is 248 g/mol. The van der Waals surface area contributed by atoms with Crippen LogP contribution in [0.5, 0.6) is 0 Å². The third kappa shape index (κ3) is 3.55. The molecular formula is C17H32N2O. The van der Waals surface area contributed by atoms with E-state index >= 15 is 0 Å². The predicted molar refractivity (Wildman–Crippen MR) is 82.9 cm³/mol. The molecule has 1 aliphatic heterocycles. The summed E-state index contributed by atoms with van der Waals surface area (Å²) in [7, 11) is 0. The van der Waals surface area contributed by atoms with E-state index in [1.54, 1.807) is 0 Å². The van der Waals surface area contributed by atoms with Crippen LogP contribution in [-0.4, -0.2) is 49.3 Å². The minimum Gasteiger partial charge on any atom is -0.380 e. The average molecular weight is 280 g/mol. The molecule has 0 aromatic heterocycles. The summed E-state index contributed by atoms with van der Waals surface area (Å²) in [5.74, 6) is 1.62. The molecule has 0 radical (unpaired) electrons. The van der Waals surface area contributed by atoms with E-state index in [4.69, 9.17) is 4.74 Å². The zero-order chi connectivity index (χ0) is 14.0. The summed E-state index contributed by atoms with van der Waals surface area (Å²) in [4.78, 5) is 2.72. The van der Waals surface area contributed by atoms with Gasteiger partial charge in [-0.25, -0.2) is 0 Å². The monoisotopic (exact) mass is 280 g/mol. The number of nitrogens with one attached hydrogen (secondary N) is 1. The minimum absolute atomic E-state index is 0.432. The molecule has 3 aliphatic rings. The number of hydrogen-bond donors (Lipinski definition) is 1. The van der Waals surface area contributed by atoms with Crippen LogP contribution < -0.4 is 5.32 Å². The van der Waals surface area contributed by atoms with Gasteiger partial charge in [0.2, 0.25) is 0 Å². The van der Waals surface area contributed by atoms with Gasteiger partial charge in [-0.15, -0.1) is 0 Å². The second-order valence-corrected chi connectivity index (χ2v) is 7.67. The highest BCUT2D eigenvalue weighted by Crippen LogP contribution is 2.34. The van der Waals surface area contributed by atoms with Crippen molar-refractivity contribution < 1.29 is 4.74 Å². The fourth-order valence-electron chi connectivity index (χ4n) is 4.02. The van der Waals surface area contributed by atoms with E-state index in [1.807, 2.05) is 0 Å². The van der Waals surface area contributed by atoms with Gasteiger partial charge in [0.1, 0.15) is 0 Å². The summed E-state index contributed by atoms with van der Waals surface area (Å²) >= 11 is 0. The van der Waals surface area contributed by atoms with E-state index in [0.29, 0.717) is 11.6 Å².